The summed E-state index contributed by atoms with van der Waals surface area (Å²) in [7, 11) is 1.37. The lowest BCUT2D eigenvalue weighted by atomic mass is 9.95. The number of aliphatic hydroxyl groups is 1. The summed E-state index contributed by atoms with van der Waals surface area (Å²) in [5, 5.41) is 16.9. The number of carbonyl (C=O) groups is 4. The fraction of sp³-hybridized carbons (Fsp3) is 0.395. The molecule has 3 amide bonds. The number of aliphatic hydroxyl groups excluding tert-OH is 1. The minimum atomic E-state index is -0.602. The Kier molecular flexibility index (Phi) is 12.7. The Bertz CT molecular complexity index is 2000. The normalized spacial score (nSPS) is 15.9. The number of amides is 3. The summed E-state index contributed by atoms with van der Waals surface area (Å²) in [6.07, 6.45) is 4.90. The molecule has 3 N–H and O–H groups in total. The predicted molar refractivity (Wildman–Crippen MR) is 214 cm³/mol. The number of methoxy groups -OCH3 is 1. The van der Waals surface area contributed by atoms with Gasteiger partial charge in [0.1, 0.15) is 10.6 Å². The molecule has 6 rings (SSSR count). The molecule has 55 heavy (non-hydrogen) atoms. The van der Waals surface area contributed by atoms with E-state index in [9.17, 15) is 24.3 Å². The molecule has 0 bridgehead atoms. The third kappa shape index (κ3) is 10.2. The minimum Gasteiger partial charge on any atom is -0.465 e. The van der Waals surface area contributed by atoms with E-state index in [4.69, 9.17) is 9.47 Å². The highest BCUT2D eigenvalue weighted by Crippen LogP contribution is 2.39. The number of piperazine rings is 1. The van der Waals surface area contributed by atoms with E-state index in [0.29, 0.717) is 53.6 Å². The molecule has 4 aromatic rings. The fourth-order valence-electron chi connectivity index (χ4n) is 7.04. The number of esters is 1. The quantitative estimate of drug-likeness (QED) is 0.137. The van der Waals surface area contributed by atoms with Crippen LogP contribution in [-0.4, -0.2) is 83.8 Å². The fourth-order valence-corrected chi connectivity index (χ4v) is 8.33. The largest absolute Gasteiger partial charge is 0.465 e. The molecule has 1 atom stereocenters. The highest BCUT2D eigenvalue weighted by molar-refractivity contribution is 7.17. The van der Waals surface area contributed by atoms with E-state index in [1.165, 1.54) is 18.4 Å². The summed E-state index contributed by atoms with van der Waals surface area (Å²) in [4.78, 5) is 56.9. The predicted octanol–water partition coefficient (Wildman–Crippen LogP) is 7.12. The monoisotopic (exact) mass is 766 g/mol. The third-order valence-electron chi connectivity index (χ3n) is 9.96. The number of fused-ring (bicyclic) bond motifs is 1. The topological polar surface area (TPSA) is 138 Å². The second-order valence-corrected chi connectivity index (χ2v) is 16.2. The van der Waals surface area contributed by atoms with Crippen LogP contribution in [-0.2, 0) is 41.7 Å². The smallest absolute Gasteiger partial charge is 0.410 e. The highest BCUT2D eigenvalue weighted by atomic mass is 32.1. The Morgan fingerprint density at radius 1 is 0.836 bits per heavy atom. The van der Waals surface area contributed by atoms with Crippen LogP contribution in [0.1, 0.15) is 91.8 Å². The number of benzene rings is 3. The van der Waals surface area contributed by atoms with Gasteiger partial charge in [-0.25, -0.2) is 9.59 Å². The molecular formula is C43H50N4O7S. The number of rotatable bonds is 11. The summed E-state index contributed by atoms with van der Waals surface area (Å²) < 4.78 is 10.3. The van der Waals surface area contributed by atoms with Crippen molar-refractivity contribution in [3.05, 3.63) is 117 Å². The van der Waals surface area contributed by atoms with E-state index in [-0.39, 0.29) is 36.5 Å². The van der Waals surface area contributed by atoms with Gasteiger partial charge in [0.25, 0.3) is 11.8 Å². The molecule has 1 aliphatic heterocycles. The first kappa shape index (κ1) is 39.6. The highest BCUT2D eigenvalue weighted by Gasteiger charge is 2.32. The van der Waals surface area contributed by atoms with Crippen LogP contribution >= 0.6 is 11.3 Å². The molecule has 0 spiro atoms. The molecule has 1 saturated heterocycles. The molecule has 1 unspecified atom stereocenters. The number of nitrogens with one attached hydrogen (secondary N) is 2. The van der Waals surface area contributed by atoms with Crippen LogP contribution in [0, 0.1) is 0 Å². The standard InChI is InChI=1S/C43H50N4O7S/c1-43(2,3)54-42(52)47-23-22-46(34(26-47)27-48)25-30-8-7-9-32(24-30)38(49)45-40-37(35-10-5-6-11-36(35)55-40)39(50)44-33-20-16-29(17-21-33)13-12-28-14-18-31(19-15-28)41(51)53-4/h7-9,14-21,24,34,48H,5-6,10-13,22-23,25-27H2,1-4H3,(H,44,50)(H,45,49). The van der Waals surface area contributed by atoms with E-state index in [1.807, 2.05) is 75.4 Å². The van der Waals surface area contributed by atoms with Crippen LogP contribution in [0.3, 0.4) is 0 Å². The van der Waals surface area contributed by atoms with Crippen LogP contribution in [0.2, 0.25) is 0 Å². The van der Waals surface area contributed by atoms with Crippen molar-refractivity contribution in [1.29, 1.82) is 0 Å². The SMILES string of the molecule is COC(=O)c1ccc(CCc2ccc(NC(=O)c3c(NC(=O)c4cccc(CN5CCN(C(=O)OC(C)(C)C)CC5CO)c4)sc4c3CCCC4)cc2)cc1. The van der Waals surface area contributed by atoms with Gasteiger partial charge >= 0.3 is 12.1 Å². The Balaban J connectivity index is 1.09. The first-order chi connectivity index (χ1) is 26.4. The molecule has 1 fully saturated rings. The van der Waals surface area contributed by atoms with Gasteiger partial charge in [-0.3, -0.25) is 14.5 Å². The van der Waals surface area contributed by atoms with Crippen molar-refractivity contribution in [3.8, 4) is 0 Å². The minimum absolute atomic E-state index is 0.118. The number of thiophene rings is 1. The first-order valence-electron chi connectivity index (χ1n) is 18.9. The maximum absolute atomic E-state index is 13.9. The number of carbonyl (C=O) groups excluding carboxylic acids is 4. The van der Waals surface area contributed by atoms with Gasteiger partial charge in [-0.15, -0.1) is 11.3 Å². The van der Waals surface area contributed by atoms with Gasteiger partial charge in [0.2, 0.25) is 0 Å². The number of hydrogen-bond donors (Lipinski definition) is 3. The number of anilines is 2. The first-order valence-corrected chi connectivity index (χ1v) is 19.7. The third-order valence-corrected chi connectivity index (χ3v) is 11.2. The lowest BCUT2D eigenvalue weighted by Gasteiger charge is -2.41. The van der Waals surface area contributed by atoms with Crippen molar-refractivity contribution < 1.29 is 33.8 Å². The van der Waals surface area contributed by atoms with Crippen molar-refractivity contribution in [2.45, 2.75) is 77.5 Å². The molecule has 0 saturated carbocycles. The Morgan fingerprint density at radius 3 is 2.20 bits per heavy atom. The van der Waals surface area contributed by atoms with Gasteiger partial charge in [0.15, 0.2) is 0 Å². The molecule has 3 aromatic carbocycles. The van der Waals surface area contributed by atoms with E-state index in [0.717, 1.165) is 65.7 Å². The zero-order valence-corrected chi connectivity index (χ0v) is 32.8. The van der Waals surface area contributed by atoms with Gasteiger partial charge in [-0.1, -0.05) is 36.4 Å². The van der Waals surface area contributed by atoms with E-state index in [1.54, 1.807) is 23.1 Å². The Hall–Kier alpha value is -5.04. The van der Waals surface area contributed by atoms with Crippen molar-refractivity contribution >= 4 is 45.9 Å². The molecule has 1 aliphatic carbocycles. The summed E-state index contributed by atoms with van der Waals surface area (Å²) in [6, 6.07) is 22.3. The zero-order chi connectivity index (χ0) is 39.1. The molecule has 2 aliphatic rings. The van der Waals surface area contributed by atoms with Crippen LogP contribution in [0.25, 0.3) is 0 Å². The van der Waals surface area contributed by atoms with Crippen molar-refractivity contribution in [2.24, 2.45) is 0 Å². The van der Waals surface area contributed by atoms with Gasteiger partial charge in [-0.05, 0) is 118 Å². The summed E-state index contributed by atoms with van der Waals surface area (Å²) in [5.74, 6) is -0.902. The maximum Gasteiger partial charge on any atom is 0.410 e. The molecule has 2 heterocycles. The molecule has 1 aromatic heterocycles. The summed E-state index contributed by atoms with van der Waals surface area (Å²) >= 11 is 1.48. The van der Waals surface area contributed by atoms with E-state index < -0.39 is 5.60 Å². The van der Waals surface area contributed by atoms with Gasteiger partial charge in [0.05, 0.1) is 30.9 Å². The van der Waals surface area contributed by atoms with Gasteiger partial charge in [0, 0.05) is 42.3 Å². The van der Waals surface area contributed by atoms with E-state index >= 15 is 0 Å². The van der Waals surface area contributed by atoms with Crippen LogP contribution in [0.5, 0.6) is 0 Å². The number of hydrogen-bond acceptors (Lipinski definition) is 9. The Labute approximate surface area is 326 Å². The molecule has 12 heteroatoms. The summed E-state index contributed by atoms with van der Waals surface area (Å²) in [6.45, 7) is 7.24. The lowest BCUT2D eigenvalue weighted by molar-refractivity contribution is -0.00613. The van der Waals surface area contributed by atoms with Crippen molar-refractivity contribution in [2.75, 3.05) is 44.0 Å². The molecular weight excluding hydrogens is 717 g/mol. The van der Waals surface area contributed by atoms with Crippen molar-refractivity contribution in [1.82, 2.24) is 9.80 Å². The van der Waals surface area contributed by atoms with E-state index in [2.05, 4.69) is 15.5 Å². The van der Waals surface area contributed by atoms with Gasteiger partial charge in [-0.2, -0.15) is 0 Å². The number of ether oxygens (including phenoxy) is 2. The lowest BCUT2D eigenvalue weighted by Crippen LogP contribution is -2.56. The van der Waals surface area contributed by atoms with Crippen molar-refractivity contribution in [3.63, 3.8) is 0 Å². The second kappa shape index (κ2) is 17.6. The number of nitrogens with zero attached hydrogens (tertiary/aromatic N) is 2. The maximum atomic E-state index is 13.9. The van der Waals surface area contributed by atoms with Crippen LogP contribution in [0.15, 0.2) is 72.8 Å². The zero-order valence-electron chi connectivity index (χ0n) is 32.0. The molecule has 11 nitrogen and oxygen atoms in total. The van der Waals surface area contributed by atoms with Crippen LogP contribution in [0.4, 0.5) is 15.5 Å². The van der Waals surface area contributed by atoms with Crippen LogP contribution < -0.4 is 10.6 Å². The van der Waals surface area contributed by atoms with Gasteiger partial charge < -0.3 is 30.1 Å². The molecule has 290 valence electrons. The Morgan fingerprint density at radius 2 is 1.53 bits per heavy atom. The average Bonchev–Trinajstić information content (AvgIpc) is 3.55. The summed E-state index contributed by atoms with van der Waals surface area (Å²) in [5.41, 5.74) is 5.73. The molecule has 0 radical (unpaired) electrons. The number of aryl methyl sites for hydroxylation is 3. The average molecular weight is 767 g/mol. The second-order valence-electron chi connectivity index (χ2n) is 15.1.